The smallest absolute Gasteiger partial charge is 0.0359 e. The van der Waals surface area contributed by atoms with Gasteiger partial charge in [0, 0.05) is 14.2 Å². The van der Waals surface area contributed by atoms with Crippen molar-refractivity contribution in [2.45, 2.75) is 13.8 Å². The van der Waals surface area contributed by atoms with Crippen LogP contribution in [-0.4, -0.2) is 0 Å². The molecule has 0 amide bonds. The fourth-order valence-electron chi connectivity index (χ4n) is 1.44. The first-order chi connectivity index (χ1) is 6.68. The first-order valence-corrected chi connectivity index (χ1v) is 6.11. The van der Waals surface area contributed by atoms with E-state index >= 15 is 0 Å². The summed E-state index contributed by atoms with van der Waals surface area (Å²) < 4.78 is 1.21. The van der Waals surface area contributed by atoms with Gasteiger partial charge in [-0.05, 0) is 47.0 Å². The lowest BCUT2D eigenvalue weighted by molar-refractivity contribution is 1.48. The van der Waals surface area contributed by atoms with Crippen LogP contribution in [0.25, 0.3) is 10.4 Å². The van der Waals surface area contributed by atoms with Crippen LogP contribution in [0, 0.1) is 13.8 Å². The number of rotatable bonds is 1. The van der Waals surface area contributed by atoms with Gasteiger partial charge in [0.1, 0.15) is 0 Å². The molecule has 0 N–H and O–H groups in total. The van der Waals surface area contributed by atoms with Crippen LogP contribution < -0.4 is 0 Å². The zero-order chi connectivity index (χ0) is 10.1. The SMILES string of the molecule is Cc1ccccc1-c1cc(Br)c(C)s1. The highest BCUT2D eigenvalue weighted by atomic mass is 79.9. The Morgan fingerprint density at radius 3 is 2.43 bits per heavy atom. The summed E-state index contributed by atoms with van der Waals surface area (Å²) in [6.07, 6.45) is 0. The highest BCUT2D eigenvalue weighted by Crippen LogP contribution is 2.35. The molecule has 1 heterocycles. The Labute approximate surface area is 96.7 Å². The molecule has 2 rings (SSSR count). The van der Waals surface area contributed by atoms with Gasteiger partial charge < -0.3 is 0 Å². The molecule has 0 atom stereocenters. The van der Waals surface area contributed by atoms with Gasteiger partial charge in [0.2, 0.25) is 0 Å². The maximum absolute atomic E-state index is 3.55. The van der Waals surface area contributed by atoms with E-state index in [9.17, 15) is 0 Å². The molecule has 1 aromatic heterocycles. The molecule has 0 nitrogen and oxygen atoms in total. The van der Waals surface area contributed by atoms with Crippen LogP contribution in [0.1, 0.15) is 10.4 Å². The van der Waals surface area contributed by atoms with Crippen molar-refractivity contribution in [3.63, 3.8) is 0 Å². The first-order valence-electron chi connectivity index (χ1n) is 4.50. The predicted octanol–water partition coefficient (Wildman–Crippen LogP) is 4.79. The van der Waals surface area contributed by atoms with Gasteiger partial charge in [-0.15, -0.1) is 11.3 Å². The third-order valence-corrected chi connectivity index (χ3v) is 4.44. The van der Waals surface area contributed by atoms with E-state index in [1.165, 1.54) is 25.4 Å². The molecule has 1 aromatic carbocycles. The molecule has 0 bridgehead atoms. The normalized spacial score (nSPS) is 10.5. The third-order valence-electron chi connectivity index (χ3n) is 2.27. The molecule has 72 valence electrons. The molecule has 0 fully saturated rings. The molecule has 0 aliphatic heterocycles. The van der Waals surface area contributed by atoms with E-state index in [1.54, 1.807) is 0 Å². The molecule has 0 radical (unpaired) electrons. The van der Waals surface area contributed by atoms with Gasteiger partial charge in [-0.3, -0.25) is 0 Å². The highest BCUT2D eigenvalue weighted by Gasteiger charge is 2.06. The fraction of sp³-hybridized carbons (Fsp3) is 0.167. The van der Waals surface area contributed by atoms with E-state index in [2.05, 4.69) is 60.1 Å². The van der Waals surface area contributed by atoms with Gasteiger partial charge in [-0.1, -0.05) is 24.3 Å². The van der Waals surface area contributed by atoms with Gasteiger partial charge in [0.15, 0.2) is 0 Å². The second-order valence-corrected chi connectivity index (χ2v) is 5.44. The molecule has 0 saturated carbocycles. The van der Waals surface area contributed by atoms with Crippen molar-refractivity contribution in [3.05, 3.63) is 45.2 Å². The van der Waals surface area contributed by atoms with Gasteiger partial charge >= 0.3 is 0 Å². The largest absolute Gasteiger partial charge is 0.139 e. The molecule has 0 aliphatic rings. The van der Waals surface area contributed by atoms with E-state index in [0.29, 0.717) is 0 Å². The lowest BCUT2D eigenvalue weighted by Gasteiger charge is -2.00. The van der Waals surface area contributed by atoms with Crippen molar-refractivity contribution >= 4 is 27.3 Å². The van der Waals surface area contributed by atoms with Crippen LogP contribution in [0.2, 0.25) is 0 Å². The molecule has 2 aromatic rings. The van der Waals surface area contributed by atoms with Gasteiger partial charge in [-0.2, -0.15) is 0 Å². The Morgan fingerprint density at radius 2 is 1.86 bits per heavy atom. The van der Waals surface area contributed by atoms with Crippen LogP contribution in [0.4, 0.5) is 0 Å². The Kier molecular flexibility index (Phi) is 2.75. The standard InChI is InChI=1S/C12H11BrS/c1-8-5-3-4-6-10(8)12-7-11(13)9(2)14-12/h3-7H,1-2H3. The summed E-state index contributed by atoms with van der Waals surface area (Å²) in [5.74, 6) is 0. The summed E-state index contributed by atoms with van der Waals surface area (Å²) in [4.78, 5) is 2.68. The van der Waals surface area contributed by atoms with Crippen LogP contribution in [-0.2, 0) is 0 Å². The number of hydrogen-bond donors (Lipinski definition) is 0. The number of hydrogen-bond acceptors (Lipinski definition) is 1. The summed E-state index contributed by atoms with van der Waals surface area (Å²) in [6, 6.07) is 10.7. The Bertz CT molecular complexity index is 438. The molecule has 0 aliphatic carbocycles. The molecule has 0 unspecified atom stereocenters. The van der Waals surface area contributed by atoms with Gasteiger partial charge in [0.05, 0.1) is 0 Å². The lowest BCUT2D eigenvalue weighted by Crippen LogP contribution is -1.77. The van der Waals surface area contributed by atoms with E-state index in [0.717, 1.165) is 0 Å². The average Bonchev–Trinajstić information content (AvgIpc) is 2.48. The minimum absolute atomic E-state index is 1.21. The molecule has 0 spiro atoms. The molecule has 14 heavy (non-hydrogen) atoms. The maximum atomic E-state index is 3.55. The molecule has 2 heteroatoms. The predicted molar refractivity (Wildman–Crippen MR) is 66.9 cm³/mol. The average molecular weight is 267 g/mol. The monoisotopic (exact) mass is 266 g/mol. The number of thiophene rings is 1. The summed E-state index contributed by atoms with van der Waals surface area (Å²) in [7, 11) is 0. The topological polar surface area (TPSA) is 0 Å². The second kappa shape index (κ2) is 3.87. The van der Waals surface area contributed by atoms with Crippen molar-refractivity contribution in [3.8, 4) is 10.4 Å². The minimum atomic E-state index is 1.21. The molecular weight excluding hydrogens is 256 g/mol. The van der Waals surface area contributed by atoms with Gasteiger partial charge in [-0.25, -0.2) is 0 Å². The zero-order valence-corrected chi connectivity index (χ0v) is 10.6. The first kappa shape index (κ1) is 9.94. The van der Waals surface area contributed by atoms with Crippen molar-refractivity contribution < 1.29 is 0 Å². The Morgan fingerprint density at radius 1 is 1.14 bits per heavy atom. The maximum Gasteiger partial charge on any atom is 0.0359 e. The van der Waals surface area contributed by atoms with E-state index in [-0.39, 0.29) is 0 Å². The van der Waals surface area contributed by atoms with Gasteiger partial charge in [0.25, 0.3) is 0 Å². The van der Waals surface area contributed by atoms with Crippen LogP contribution in [0.5, 0.6) is 0 Å². The van der Waals surface area contributed by atoms with Crippen molar-refractivity contribution in [1.82, 2.24) is 0 Å². The second-order valence-electron chi connectivity index (χ2n) is 3.33. The summed E-state index contributed by atoms with van der Waals surface area (Å²) in [6.45, 7) is 4.29. The summed E-state index contributed by atoms with van der Waals surface area (Å²) in [5, 5.41) is 0. The van der Waals surface area contributed by atoms with Crippen LogP contribution in [0.3, 0.4) is 0 Å². The minimum Gasteiger partial charge on any atom is -0.139 e. The summed E-state index contributed by atoms with van der Waals surface area (Å²) in [5.41, 5.74) is 2.67. The molecule has 0 saturated heterocycles. The van der Waals surface area contributed by atoms with Crippen molar-refractivity contribution in [1.29, 1.82) is 0 Å². The van der Waals surface area contributed by atoms with E-state index in [1.807, 2.05) is 11.3 Å². The van der Waals surface area contributed by atoms with E-state index < -0.39 is 0 Å². The van der Waals surface area contributed by atoms with Crippen LogP contribution >= 0.6 is 27.3 Å². The van der Waals surface area contributed by atoms with Crippen molar-refractivity contribution in [2.24, 2.45) is 0 Å². The fourth-order valence-corrected chi connectivity index (χ4v) is 3.07. The number of benzene rings is 1. The molecular formula is C12H11BrS. The van der Waals surface area contributed by atoms with Crippen LogP contribution in [0.15, 0.2) is 34.8 Å². The highest BCUT2D eigenvalue weighted by molar-refractivity contribution is 9.10. The lowest BCUT2D eigenvalue weighted by atomic mass is 10.1. The van der Waals surface area contributed by atoms with E-state index in [4.69, 9.17) is 0 Å². The Hall–Kier alpha value is -0.600. The Balaban J connectivity index is 2.55. The quantitative estimate of drug-likeness (QED) is 0.696. The number of halogens is 1. The zero-order valence-electron chi connectivity index (χ0n) is 8.17. The number of aryl methyl sites for hydroxylation is 2. The summed E-state index contributed by atoms with van der Waals surface area (Å²) >= 11 is 5.38. The third kappa shape index (κ3) is 1.77. The van der Waals surface area contributed by atoms with Crippen molar-refractivity contribution in [2.75, 3.05) is 0 Å².